The Labute approximate surface area is 168 Å². The number of carbonyl (C=O) groups is 1. The van der Waals surface area contributed by atoms with Crippen molar-refractivity contribution in [1.29, 1.82) is 0 Å². The monoisotopic (exact) mass is 399 g/mol. The van der Waals surface area contributed by atoms with Gasteiger partial charge in [-0.05, 0) is 30.2 Å². The largest absolute Gasteiger partial charge is 0.394 e. The molecule has 7 heteroatoms. The molecule has 0 radical (unpaired) electrons. The Kier molecular flexibility index (Phi) is 6.79. The average molecular weight is 399 g/mol. The summed E-state index contributed by atoms with van der Waals surface area (Å²) in [7, 11) is 0. The van der Waals surface area contributed by atoms with Gasteiger partial charge >= 0.3 is 0 Å². The van der Waals surface area contributed by atoms with Crippen LogP contribution in [-0.2, 0) is 4.74 Å². The van der Waals surface area contributed by atoms with Crippen molar-refractivity contribution in [2.45, 2.75) is 37.6 Å². The Morgan fingerprint density at radius 1 is 0.931 bits per heavy atom. The van der Waals surface area contributed by atoms with Gasteiger partial charge < -0.3 is 30.5 Å². The van der Waals surface area contributed by atoms with Gasteiger partial charge in [0.25, 0.3) is 5.91 Å². The number of carbonyl (C=O) groups excluding carboxylic acids is 1. The van der Waals surface area contributed by atoms with Crippen LogP contribution in [0.3, 0.4) is 0 Å². The molecule has 5 atom stereocenters. The molecule has 1 saturated heterocycles. The van der Waals surface area contributed by atoms with Crippen LogP contribution < -0.4 is 5.32 Å². The molecule has 3 rings (SSSR count). The fourth-order valence-corrected chi connectivity index (χ4v) is 3.05. The topological polar surface area (TPSA) is 119 Å². The van der Waals surface area contributed by atoms with E-state index >= 15 is 0 Å². The first-order chi connectivity index (χ1) is 13.9. The molecule has 1 aliphatic rings. The van der Waals surface area contributed by atoms with Gasteiger partial charge in [0.15, 0.2) is 6.23 Å². The Balaban J connectivity index is 1.63. The van der Waals surface area contributed by atoms with Crippen LogP contribution in [0.25, 0.3) is 12.2 Å². The molecule has 2 aromatic carbocycles. The van der Waals surface area contributed by atoms with Crippen LogP contribution in [0.1, 0.15) is 27.0 Å². The van der Waals surface area contributed by atoms with Crippen molar-refractivity contribution in [3.05, 3.63) is 70.8 Å². The maximum atomic E-state index is 12.4. The summed E-state index contributed by atoms with van der Waals surface area (Å²) < 4.78 is 5.29. The highest BCUT2D eigenvalue weighted by Gasteiger charge is 2.44. The van der Waals surface area contributed by atoms with E-state index < -0.39 is 43.2 Å². The van der Waals surface area contributed by atoms with E-state index in [1.807, 2.05) is 43.3 Å². The van der Waals surface area contributed by atoms with Gasteiger partial charge in [-0.3, -0.25) is 4.79 Å². The van der Waals surface area contributed by atoms with Gasteiger partial charge in [-0.15, -0.1) is 0 Å². The molecule has 29 heavy (non-hydrogen) atoms. The minimum Gasteiger partial charge on any atom is -0.394 e. The Bertz CT molecular complexity index is 847. The predicted octanol–water partition coefficient (Wildman–Crippen LogP) is 0.695. The average Bonchev–Trinajstić information content (AvgIpc) is 2.74. The number of amides is 1. The molecule has 0 spiro atoms. The third-order valence-corrected chi connectivity index (χ3v) is 4.88. The lowest BCUT2D eigenvalue weighted by Crippen LogP contribution is -2.63. The quantitative estimate of drug-likeness (QED) is 0.472. The third-order valence-electron chi connectivity index (χ3n) is 4.88. The molecule has 1 heterocycles. The summed E-state index contributed by atoms with van der Waals surface area (Å²) in [5.41, 5.74) is 3.52. The number of rotatable bonds is 5. The van der Waals surface area contributed by atoms with Gasteiger partial charge in [0.2, 0.25) is 0 Å². The summed E-state index contributed by atoms with van der Waals surface area (Å²) in [6, 6.07) is 14.9. The van der Waals surface area contributed by atoms with Crippen molar-refractivity contribution < 1.29 is 30.0 Å². The lowest BCUT2D eigenvalue weighted by Gasteiger charge is -2.40. The zero-order valence-corrected chi connectivity index (χ0v) is 16.0. The van der Waals surface area contributed by atoms with Gasteiger partial charge in [0, 0.05) is 5.56 Å². The second kappa shape index (κ2) is 9.30. The smallest absolute Gasteiger partial charge is 0.253 e. The number of aryl methyl sites for hydroxylation is 1. The van der Waals surface area contributed by atoms with Crippen molar-refractivity contribution in [1.82, 2.24) is 5.32 Å². The van der Waals surface area contributed by atoms with E-state index in [0.29, 0.717) is 5.56 Å². The normalized spacial score (nSPS) is 27.1. The molecule has 0 aromatic heterocycles. The van der Waals surface area contributed by atoms with E-state index in [-0.39, 0.29) is 0 Å². The summed E-state index contributed by atoms with van der Waals surface area (Å²) in [5, 5.41) is 41.3. The molecule has 1 fully saturated rings. The van der Waals surface area contributed by atoms with Crippen molar-refractivity contribution in [2.24, 2.45) is 0 Å². The van der Waals surface area contributed by atoms with Gasteiger partial charge in [0.05, 0.1) is 6.61 Å². The van der Waals surface area contributed by atoms with Gasteiger partial charge in [-0.25, -0.2) is 0 Å². The van der Waals surface area contributed by atoms with Crippen LogP contribution in [0.4, 0.5) is 0 Å². The highest BCUT2D eigenvalue weighted by Crippen LogP contribution is 2.20. The van der Waals surface area contributed by atoms with Crippen LogP contribution in [0.2, 0.25) is 0 Å². The lowest BCUT2D eigenvalue weighted by molar-refractivity contribution is -0.233. The van der Waals surface area contributed by atoms with Gasteiger partial charge in [-0.2, -0.15) is 0 Å². The van der Waals surface area contributed by atoms with E-state index in [4.69, 9.17) is 4.74 Å². The van der Waals surface area contributed by atoms with E-state index in [9.17, 15) is 25.2 Å². The number of ether oxygens (including phenoxy) is 1. The molecule has 154 valence electrons. The molecule has 0 aliphatic carbocycles. The summed E-state index contributed by atoms with van der Waals surface area (Å²) in [6.07, 6.45) is -2.95. The van der Waals surface area contributed by atoms with Crippen molar-refractivity contribution in [3.63, 3.8) is 0 Å². The Hall–Kier alpha value is -2.55. The molecule has 0 saturated carbocycles. The van der Waals surface area contributed by atoms with Gasteiger partial charge in [0.1, 0.15) is 24.4 Å². The van der Waals surface area contributed by atoms with Crippen LogP contribution >= 0.6 is 0 Å². The minimum atomic E-state index is -1.54. The van der Waals surface area contributed by atoms with Crippen LogP contribution in [0.15, 0.2) is 48.5 Å². The highest BCUT2D eigenvalue weighted by molar-refractivity contribution is 5.94. The fraction of sp³-hybridized carbons (Fsp3) is 0.318. The number of nitrogens with one attached hydrogen (secondary N) is 1. The minimum absolute atomic E-state index is 0.342. The van der Waals surface area contributed by atoms with Crippen molar-refractivity contribution in [2.75, 3.05) is 6.61 Å². The first kappa shape index (κ1) is 21.2. The van der Waals surface area contributed by atoms with Crippen molar-refractivity contribution in [3.8, 4) is 0 Å². The first-order valence-electron chi connectivity index (χ1n) is 9.35. The molecule has 1 amide bonds. The third kappa shape index (κ3) is 5.09. The summed E-state index contributed by atoms with van der Waals surface area (Å²) >= 11 is 0. The van der Waals surface area contributed by atoms with Gasteiger partial charge in [-0.1, -0.05) is 54.1 Å². The maximum absolute atomic E-state index is 12.4. The molecular weight excluding hydrogens is 374 g/mol. The van der Waals surface area contributed by atoms with E-state index in [0.717, 1.165) is 11.1 Å². The van der Waals surface area contributed by atoms with Crippen LogP contribution in [0, 0.1) is 6.92 Å². The summed E-state index contributed by atoms with van der Waals surface area (Å²) in [6.45, 7) is 1.47. The predicted molar refractivity (Wildman–Crippen MR) is 108 cm³/mol. The standard InChI is InChI=1S/C22H25NO6/c1-13-2-4-14(5-3-13)6-7-15-8-10-16(11-9-15)21(28)23-22-20(27)19(26)18(25)17(12-24)29-22/h2-11,17-20,22,24-27H,12H2,1H3,(H,23,28). The first-order valence-corrected chi connectivity index (χ1v) is 9.35. The molecule has 1 aliphatic heterocycles. The number of hydrogen-bond donors (Lipinski definition) is 5. The molecule has 2 aromatic rings. The second-order valence-corrected chi connectivity index (χ2v) is 7.09. The summed E-state index contributed by atoms with van der Waals surface area (Å²) in [5.74, 6) is -0.511. The van der Waals surface area contributed by atoms with Crippen molar-refractivity contribution >= 4 is 18.1 Å². The second-order valence-electron chi connectivity index (χ2n) is 7.09. The van der Waals surface area contributed by atoms with Crippen LogP contribution in [-0.4, -0.2) is 63.6 Å². The lowest BCUT2D eigenvalue weighted by atomic mass is 9.98. The number of aliphatic hydroxyl groups excluding tert-OH is 4. The van der Waals surface area contributed by atoms with E-state index in [1.54, 1.807) is 24.3 Å². The zero-order chi connectivity index (χ0) is 21.0. The number of benzene rings is 2. The molecule has 5 unspecified atom stereocenters. The van der Waals surface area contributed by atoms with Crippen LogP contribution in [0.5, 0.6) is 0 Å². The maximum Gasteiger partial charge on any atom is 0.253 e. The fourth-order valence-electron chi connectivity index (χ4n) is 3.05. The molecular formula is C22H25NO6. The number of hydrogen-bond acceptors (Lipinski definition) is 6. The molecule has 0 bridgehead atoms. The Morgan fingerprint density at radius 3 is 2.03 bits per heavy atom. The van der Waals surface area contributed by atoms with E-state index in [2.05, 4.69) is 5.32 Å². The Morgan fingerprint density at radius 2 is 1.48 bits per heavy atom. The summed E-state index contributed by atoms with van der Waals surface area (Å²) in [4.78, 5) is 12.4. The highest BCUT2D eigenvalue weighted by atomic mass is 16.6. The number of aliphatic hydroxyl groups is 4. The molecule has 5 N–H and O–H groups in total. The SMILES string of the molecule is Cc1ccc(C=Cc2ccc(C(=O)NC3OC(CO)C(O)C(O)C3O)cc2)cc1. The molecule has 7 nitrogen and oxygen atoms in total. The zero-order valence-electron chi connectivity index (χ0n) is 16.0. The van der Waals surface area contributed by atoms with E-state index in [1.165, 1.54) is 5.56 Å².